The van der Waals surface area contributed by atoms with Crippen LogP contribution in [0.3, 0.4) is 0 Å². The van der Waals surface area contributed by atoms with Crippen molar-refractivity contribution < 1.29 is 14.7 Å². The number of nitrogens with zero attached hydrogens (tertiary/aromatic N) is 1. The van der Waals surface area contributed by atoms with Crippen molar-refractivity contribution in [2.75, 3.05) is 13.1 Å². The Labute approximate surface area is 126 Å². The summed E-state index contributed by atoms with van der Waals surface area (Å²) in [6.07, 6.45) is 6.68. The average Bonchev–Trinajstić information content (AvgIpc) is 2.47. The Kier molecular flexibility index (Phi) is 5.39. The van der Waals surface area contributed by atoms with E-state index in [0.29, 0.717) is 18.9 Å². The fourth-order valence-electron chi connectivity index (χ4n) is 3.25. The molecule has 2 aliphatic rings. The van der Waals surface area contributed by atoms with Crippen LogP contribution in [0.2, 0.25) is 0 Å². The Morgan fingerprint density at radius 1 is 1.14 bits per heavy atom. The molecule has 0 spiro atoms. The highest BCUT2D eigenvalue weighted by molar-refractivity contribution is 5.85. The molecule has 1 amide bonds. The number of aliphatic carboxylic acids is 1. The number of carbonyl (C=O) groups is 2. The van der Waals surface area contributed by atoms with E-state index in [9.17, 15) is 14.7 Å². The van der Waals surface area contributed by atoms with Crippen molar-refractivity contribution in [3.8, 4) is 0 Å². The second-order valence-electron chi connectivity index (χ2n) is 6.41. The third-order valence-corrected chi connectivity index (χ3v) is 4.69. The van der Waals surface area contributed by atoms with E-state index in [2.05, 4.69) is 24.1 Å². The van der Waals surface area contributed by atoms with Gasteiger partial charge in [0.05, 0.1) is 11.8 Å². The van der Waals surface area contributed by atoms with Crippen molar-refractivity contribution in [2.24, 2.45) is 11.8 Å². The average molecular weight is 294 g/mol. The molecule has 0 radical (unpaired) electrons. The van der Waals surface area contributed by atoms with Gasteiger partial charge in [0.15, 0.2) is 0 Å². The van der Waals surface area contributed by atoms with Crippen molar-refractivity contribution in [1.29, 1.82) is 0 Å². The first-order valence-electron chi connectivity index (χ1n) is 7.91. The van der Waals surface area contributed by atoms with Gasteiger partial charge in [0.1, 0.15) is 0 Å². The van der Waals surface area contributed by atoms with Gasteiger partial charge >= 0.3 is 5.97 Å². The lowest BCUT2D eigenvalue weighted by molar-refractivity contribution is -0.147. The summed E-state index contributed by atoms with van der Waals surface area (Å²) < 4.78 is 0. The summed E-state index contributed by atoms with van der Waals surface area (Å²) in [5, 5.41) is 12.3. The fraction of sp³-hybridized carbons (Fsp3) is 0.750. The first-order chi connectivity index (χ1) is 9.99. The predicted molar refractivity (Wildman–Crippen MR) is 80.9 cm³/mol. The van der Waals surface area contributed by atoms with Crippen molar-refractivity contribution >= 4 is 11.9 Å². The largest absolute Gasteiger partial charge is 0.481 e. The van der Waals surface area contributed by atoms with Crippen molar-refractivity contribution in [2.45, 2.75) is 51.6 Å². The second-order valence-corrected chi connectivity index (χ2v) is 6.41. The molecule has 2 N–H and O–H groups in total. The van der Waals surface area contributed by atoms with Crippen LogP contribution in [0, 0.1) is 11.8 Å². The van der Waals surface area contributed by atoms with Crippen LogP contribution in [0.1, 0.15) is 39.5 Å². The molecular formula is C16H26N2O3. The molecule has 1 aliphatic heterocycles. The molecule has 2 unspecified atom stereocenters. The Morgan fingerprint density at radius 2 is 1.71 bits per heavy atom. The van der Waals surface area contributed by atoms with Crippen LogP contribution in [0.4, 0.5) is 0 Å². The zero-order valence-electron chi connectivity index (χ0n) is 12.9. The van der Waals surface area contributed by atoms with Crippen LogP contribution in [-0.4, -0.2) is 47.1 Å². The Bertz CT molecular complexity index is 412. The van der Waals surface area contributed by atoms with Gasteiger partial charge in [-0.2, -0.15) is 0 Å². The highest BCUT2D eigenvalue weighted by atomic mass is 16.4. The van der Waals surface area contributed by atoms with E-state index in [1.54, 1.807) is 0 Å². The minimum atomic E-state index is -0.867. The van der Waals surface area contributed by atoms with E-state index in [1.807, 2.05) is 12.2 Å². The highest BCUT2D eigenvalue weighted by Gasteiger charge is 2.35. The number of carboxylic acids is 1. The molecule has 118 valence electrons. The molecule has 5 nitrogen and oxygen atoms in total. The molecule has 0 bridgehead atoms. The van der Waals surface area contributed by atoms with Crippen molar-refractivity contribution in [1.82, 2.24) is 10.2 Å². The topological polar surface area (TPSA) is 69.6 Å². The molecule has 2 atom stereocenters. The maximum Gasteiger partial charge on any atom is 0.307 e. The molecule has 2 rings (SSSR count). The van der Waals surface area contributed by atoms with Crippen LogP contribution >= 0.6 is 0 Å². The molecule has 21 heavy (non-hydrogen) atoms. The van der Waals surface area contributed by atoms with Crippen LogP contribution in [-0.2, 0) is 9.59 Å². The van der Waals surface area contributed by atoms with E-state index >= 15 is 0 Å². The standard InChI is InChI=1S/C16H26N2O3/c1-11(2)18-9-7-12(8-10-18)17-15(19)13-5-3-4-6-14(13)16(20)21/h3-4,11-14H,5-10H2,1-2H3,(H,17,19)(H,20,21). The van der Waals surface area contributed by atoms with Gasteiger partial charge in [-0.3, -0.25) is 9.59 Å². The predicted octanol–water partition coefficient (Wildman–Crippen LogP) is 1.64. The molecule has 0 aromatic carbocycles. The zero-order valence-corrected chi connectivity index (χ0v) is 12.9. The summed E-state index contributed by atoms with van der Waals surface area (Å²) in [7, 11) is 0. The normalized spacial score (nSPS) is 27.8. The molecule has 1 saturated heterocycles. The van der Waals surface area contributed by atoms with Gasteiger partial charge in [0.25, 0.3) is 0 Å². The smallest absolute Gasteiger partial charge is 0.307 e. The Balaban J connectivity index is 1.87. The number of nitrogens with one attached hydrogen (secondary N) is 1. The summed E-state index contributed by atoms with van der Waals surface area (Å²) in [4.78, 5) is 26.0. The van der Waals surface area contributed by atoms with Gasteiger partial charge in [0.2, 0.25) is 5.91 Å². The monoisotopic (exact) mass is 294 g/mol. The highest BCUT2D eigenvalue weighted by Crippen LogP contribution is 2.26. The molecule has 1 aliphatic carbocycles. The van der Waals surface area contributed by atoms with Crippen LogP contribution in [0.25, 0.3) is 0 Å². The quantitative estimate of drug-likeness (QED) is 0.773. The van der Waals surface area contributed by atoms with Gasteiger partial charge in [-0.1, -0.05) is 12.2 Å². The summed E-state index contributed by atoms with van der Waals surface area (Å²) in [5.74, 6) is -1.95. The molecule has 0 aromatic rings. The van der Waals surface area contributed by atoms with Gasteiger partial charge in [-0.15, -0.1) is 0 Å². The maximum absolute atomic E-state index is 12.4. The first kappa shape index (κ1) is 16.0. The van der Waals surface area contributed by atoms with Crippen LogP contribution in [0.15, 0.2) is 12.2 Å². The number of allylic oxidation sites excluding steroid dienone is 2. The number of rotatable bonds is 4. The van der Waals surface area contributed by atoms with Crippen LogP contribution in [0.5, 0.6) is 0 Å². The van der Waals surface area contributed by atoms with E-state index in [0.717, 1.165) is 25.9 Å². The third-order valence-electron chi connectivity index (χ3n) is 4.69. The Hall–Kier alpha value is -1.36. The number of carboxylic acid groups (broad SMARTS) is 1. The SMILES string of the molecule is CC(C)N1CCC(NC(=O)C2CC=CCC2C(=O)O)CC1. The summed E-state index contributed by atoms with van der Waals surface area (Å²) in [5.41, 5.74) is 0. The maximum atomic E-state index is 12.4. The van der Waals surface area contributed by atoms with Gasteiger partial charge in [-0.25, -0.2) is 0 Å². The summed E-state index contributed by atoms with van der Waals surface area (Å²) >= 11 is 0. The minimum Gasteiger partial charge on any atom is -0.481 e. The Morgan fingerprint density at radius 3 is 2.24 bits per heavy atom. The third kappa shape index (κ3) is 4.06. The lowest BCUT2D eigenvalue weighted by atomic mass is 9.82. The molecule has 0 aromatic heterocycles. The molecule has 5 heteroatoms. The lowest BCUT2D eigenvalue weighted by Gasteiger charge is -2.35. The number of amides is 1. The minimum absolute atomic E-state index is 0.0882. The second kappa shape index (κ2) is 7.07. The first-order valence-corrected chi connectivity index (χ1v) is 7.91. The molecular weight excluding hydrogens is 268 g/mol. The fourth-order valence-corrected chi connectivity index (χ4v) is 3.25. The van der Waals surface area contributed by atoms with E-state index < -0.39 is 17.8 Å². The summed E-state index contributed by atoms with van der Waals surface area (Å²) in [6.45, 7) is 6.36. The summed E-state index contributed by atoms with van der Waals surface area (Å²) in [6, 6.07) is 0.731. The van der Waals surface area contributed by atoms with E-state index in [4.69, 9.17) is 0 Å². The van der Waals surface area contributed by atoms with Crippen molar-refractivity contribution in [3.63, 3.8) is 0 Å². The van der Waals surface area contributed by atoms with Gasteiger partial charge in [-0.05, 0) is 39.5 Å². The number of likely N-dealkylation sites (tertiary alicyclic amines) is 1. The number of hydrogen-bond acceptors (Lipinski definition) is 3. The number of carbonyl (C=O) groups excluding carboxylic acids is 1. The van der Waals surface area contributed by atoms with E-state index in [1.165, 1.54) is 0 Å². The number of piperidine rings is 1. The molecule has 1 fully saturated rings. The number of hydrogen-bond donors (Lipinski definition) is 2. The zero-order chi connectivity index (χ0) is 15.4. The van der Waals surface area contributed by atoms with E-state index in [-0.39, 0.29) is 11.9 Å². The molecule has 1 heterocycles. The lowest BCUT2D eigenvalue weighted by Crippen LogP contribution is -2.49. The van der Waals surface area contributed by atoms with Crippen LogP contribution < -0.4 is 5.32 Å². The van der Waals surface area contributed by atoms with Gasteiger partial charge < -0.3 is 15.3 Å². The molecule has 0 saturated carbocycles. The van der Waals surface area contributed by atoms with Gasteiger partial charge in [0, 0.05) is 25.2 Å². The van der Waals surface area contributed by atoms with Crippen molar-refractivity contribution in [3.05, 3.63) is 12.2 Å².